The molecule has 0 spiro atoms. The average Bonchev–Trinajstić information content (AvgIpc) is 2.36. The lowest BCUT2D eigenvalue weighted by Crippen LogP contribution is -2.36. The zero-order valence-corrected chi connectivity index (χ0v) is 9.68. The van der Waals surface area contributed by atoms with Crippen LogP contribution in [0.5, 0.6) is 0 Å². The van der Waals surface area contributed by atoms with Gasteiger partial charge in [0.2, 0.25) is 0 Å². The van der Waals surface area contributed by atoms with Gasteiger partial charge in [-0.1, -0.05) is 37.3 Å². The molecule has 1 aromatic carbocycles. The van der Waals surface area contributed by atoms with Gasteiger partial charge in [0, 0.05) is 5.56 Å². The van der Waals surface area contributed by atoms with E-state index in [1.807, 2.05) is 13.0 Å². The molecule has 1 rings (SSSR count). The van der Waals surface area contributed by atoms with E-state index in [-0.39, 0.29) is 6.04 Å². The summed E-state index contributed by atoms with van der Waals surface area (Å²) in [5.74, 6) is -0.400. The molecule has 1 N–H and O–H groups in total. The molecule has 0 aliphatic carbocycles. The maximum atomic E-state index is 11.8. The van der Waals surface area contributed by atoms with E-state index in [2.05, 4.69) is 6.58 Å². The van der Waals surface area contributed by atoms with Crippen LogP contribution in [-0.2, 0) is 0 Å². The molecule has 1 unspecified atom stereocenters. The maximum absolute atomic E-state index is 11.8. The number of carbonyl (C=O) groups excluding carboxylic acids is 1. The summed E-state index contributed by atoms with van der Waals surface area (Å²) in [4.78, 5) is 11.8. The van der Waals surface area contributed by atoms with Crippen LogP contribution >= 0.6 is 0 Å². The number of nitrogens with zero attached hydrogens (tertiary/aromatic N) is 1. The minimum absolute atomic E-state index is 0.363. The number of rotatable bonds is 4. The number of benzene rings is 1. The zero-order chi connectivity index (χ0) is 12.1. The summed E-state index contributed by atoms with van der Waals surface area (Å²) < 4.78 is 0. The highest BCUT2D eigenvalue weighted by Gasteiger charge is 2.20. The van der Waals surface area contributed by atoms with Gasteiger partial charge < -0.3 is 0 Å². The number of hydrogen-bond donors (Lipinski definition) is 1. The molecular formula is C13H17NO2. The number of carbonyl (C=O) groups is 1. The first-order valence-electron chi connectivity index (χ1n) is 5.33. The lowest BCUT2D eigenvalue weighted by molar-refractivity contribution is -0.0755. The highest BCUT2D eigenvalue weighted by Crippen LogP contribution is 2.13. The van der Waals surface area contributed by atoms with E-state index in [1.54, 1.807) is 31.2 Å². The Balaban J connectivity index is 2.79. The smallest absolute Gasteiger partial charge is 0.277 e. The van der Waals surface area contributed by atoms with Crippen LogP contribution < -0.4 is 0 Å². The first-order chi connectivity index (χ1) is 7.57. The molecule has 16 heavy (non-hydrogen) atoms. The van der Waals surface area contributed by atoms with Crippen molar-refractivity contribution in [3.05, 3.63) is 48.0 Å². The summed E-state index contributed by atoms with van der Waals surface area (Å²) in [6, 6.07) is 8.34. The van der Waals surface area contributed by atoms with Gasteiger partial charge in [0.1, 0.15) is 0 Å². The van der Waals surface area contributed by atoms with Crippen molar-refractivity contribution in [1.82, 2.24) is 5.06 Å². The standard InChI is InChI=1S/C13H17NO2/c1-4-10(2)11(3)14(16)13(15)12-8-6-5-7-9-12/h5-9,11,16H,2,4H2,1,3H3. The van der Waals surface area contributed by atoms with E-state index in [9.17, 15) is 10.0 Å². The van der Waals surface area contributed by atoms with Crippen molar-refractivity contribution in [3.8, 4) is 0 Å². The fourth-order valence-corrected chi connectivity index (χ4v) is 1.36. The van der Waals surface area contributed by atoms with Crippen molar-refractivity contribution < 1.29 is 10.0 Å². The third kappa shape index (κ3) is 2.70. The molecule has 0 fully saturated rings. The van der Waals surface area contributed by atoms with Gasteiger partial charge in [0.25, 0.3) is 5.91 Å². The minimum atomic E-state index is -0.400. The van der Waals surface area contributed by atoms with Gasteiger partial charge >= 0.3 is 0 Å². The first kappa shape index (κ1) is 12.5. The van der Waals surface area contributed by atoms with E-state index in [0.717, 1.165) is 17.1 Å². The van der Waals surface area contributed by atoms with Crippen LogP contribution in [0.15, 0.2) is 42.5 Å². The SMILES string of the molecule is C=C(CC)C(C)N(O)C(=O)c1ccccc1. The minimum Gasteiger partial charge on any atom is -0.285 e. The van der Waals surface area contributed by atoms with Crippen molar-refractivity contribution in [1.29, 1.82) is 0 Å². The molecule has 1 amide bonds. The molecule has 1 atom stereocenters. The molecule has 3 nitrogen and oxygen atoms in total. The Morgan fingerprint density at radius 1 is 1.44 bits per heavy atom. The van der Waals surface area contributed by atoms with Gasteiger partial charge in [0.15, 0.2) is 0 Å². The first-order valence-corrected chi connectivity index (χ1v) is 5.33. The molecule has 0 aliphatic rings. The Kier molecular flexibility index (Phi) is 4.26. The Labute approximate surface area is 96.0 Å². The average molecular weight is 219 g/mol. The second-order valence-electron chi connectivity index (χ2n) is 3.70. The van der Waals surface area contributed by atoms with Crippen molar-refractivity contribution in [2.24, 2.45) is 0 Å². The predicted octanol–water partition coefficient (Wildman–Crippen LogP) is 2.87. The number of amides is 1. The topological polar surface area (TPSA) is 40.5 Å². The third-order valence-corrected chi connectivity index (χ3v) is 2.64. The van der Waals surface area contributed by atoms with Crippen LogP contribution in [0, 0.1) is 0 Å². The van der Waals surface area contributed by atoms with Crippen molar-refractivity contribution in [3.63, 3.8) is 0 Å². The Morgan fingerprint density at radius 3 is 2.50 bits per heavy atom. The molecule has 1 aromatic rings. The fourth-order valence-electron chi connectivity index (χ4n) is 1.36. The van der Waals surface area contributed by atoms with Gasteiger partial charge in [0.05, 0.1) is 6.04 Å². The van der Waals surface area contributed by atoms with Crippen LogP contribution in [0.2, 0.25) is 0 Å². The van der Waals surface area contributed by atoms with E-state index in [1.165, 1.54) is 0 Å². The molecular weight excluding hydrogens is 202 g/mol. The number of hydrogen-bond acceptors (Lipinski definition) is 2. The highest BCUT2D eigenvalue weighted by molar-refractivity contribution is 5.93. The summed E-state index contributed by atoms with van der Waals surface area (Å²) in [6.45, 7) is 7.52. The third-order valence-electron chi connectivity index (χ3n) is 2.64. The van der Waals surface area contributed by atoms with Crippen molar-refractivity contribution in [2.75, 3.05) is 0 Å². The van der Waals surface area contributed by atoms with Crippen molar-refractivity contribution in [2.45, 2.75) is 26.3 Å². The quantitative estimate of drug-likeness (QED) is 0.480. The second kappa shape index (κ2) is 5.47. The molecule has 0 aromatic heterocycles. The van der Waals surface area contributed by atoms with E-state index < -0.39 is 5.91 Å². The van der Waals surface area contributed by atoms with Gasteiger partial charge in [-0.05, 0) is 25.5 Å². The normalized spacial score (nSPS) is 11.9. The zero-order valence-electron chi connectivity index (χ0n) is 9.68. The van der Waals surface area contributed by atoms with Crippen LogP contribution in [0.3, 0.4) is 0 Å². The molecule has 0 heterocycles. The largest absolute Gasteiger partial charge is 0.285 e. The van der Waals surface area contributed by atoms with Crippen LogP contribution in [0.1, 0.15) is 30.6 Å². The van der Waals surface area contributed by atoms with Crippen molar-refractivity contribution >= 4 is 5.91 Å². The fraction of sp³-hybridized carbons (Fsp3) is 0.308. The van der Waals surface area contributed by atoms with Gasteiger partial charge in [-0.15, -0.1) is 0 Å². The second-order valence-corrected chi connectivity index (χ2v) is 3.70. The Hall–Kier alpha value is -1.61. The van der Waals surface area contributed by atoms with Crippen LogP contribution in [-0.4, -0.2) is 22.2 Å². The van der Waals surface area contributed by atoms with Crippen LogP contribution in [0.25, 0.3) is 0 Å². The summed E-state index contributed by atoms with van der Waals surface area (Å²) in [6.07, 6.45) is 0.736. The summed E-state index contributed by atoms with van der Waals surface area (Å²) in [7, 11) is 0. The summed E-state index contributed by atoms with van der Waals surface area (Å²) >= 11 is 0. The molecule has 0 bridgehead atoms. The van der Waals surface area contributed by atoms with Gasteiger partial charge in [-0.3, -0.25) is 10.0 Å². The molecule has 0 saturated carbocycles. The molecule has 0 saturated heterocycles. The Morgan fingerprint density at radius 2 is 2.00 bits per heavy atom. The maximum Gasteiger partial charge on any atom is 0.277 e. The predicted molar refractivity (Wildman–Crippen MR) is 63.3 cm³/mol. The van der Waals surface area contributed by atoms with E-state index in [4.69, 9.17) is 0 Å². The molecule has 0 radical (unpaired) electrons. The summed E-state index contributed by atoms with van der Waals surface area (Å²) in [5, 5.41) is 10.5. The number of hydroxylamine groups is 2. The van der Waals surface area contributed by atoms with Gasteiger partial charge in [-0.2, -0.15) is 0 Å². The Bertz CT molecular complexity index is 373. The molecule has 3 heteroatoms. The summed E-state index contributed by atoms with van der Waals surface area (Å²) in [5.41, 5.74) is 1.30. The monoisotopic (exact) mass is 219 g/mol. The van der Waals surface area contributed by atoms with Gasteiger partial charge in [-0.25, -0.2) is 5.06 Å². The van der Waals surface area contributed by atoms with E-state index in [0.29, 0.717) is 5.56 Å². The highest BCUT2D eigenvalue weighted by atomic mass is 16.5. The lowest BCUT2D eigenvalue weighted by Gasteiger charge is -2.23. The lowest BCUT2D eigenvalue weighted by atomic mass is 10.1. The molecule has 86 valence electrons. The molecule has 0 aliphatic heterocycles. The van der Waals surface area contributed by atoms with E-state index >= 15 is 0 Å². The van der Waals surface area contributed by atoms with Crippen LogP contribution in [0.4, 0.5) is 0 Å².